The van der Waals surface area contributed by atoms with Gasteiger partial charge in [0, 0.05) is 31.1 Å². The molecule has 0 saturated carbocycles. The maximum absolute atomic E-state index is 13.2. The fraction of sp³-hybridized carbons (Fsp3) is 0.417. The molecule has 2 aromatic rings. The largest absolute Gasteiger partial charge is 0.495 e. The number of rotatable bonds is 12. The number of carbonyl (C=O) groups is 2. The summed E-state index contributed by atoms with van der Waals surface area (Å²) in [5, 5.41) is 3.33. The van der Waals surface area contributed by atoms with Gasteiger partial charge in [-0.15, -0.1) is 0 Å². The van der Waals surface area contributed by atoms with Gasteiger partial charge in [0.2, 0.25) is 21.8 Å². The van der Waals surface area contributed by atoms with Crippen molar-refractivity contribution in [1.82, 2.24) is 10.2 Å². The molecule has 186 valence electrons. The number of ether oxygens (including phenoxy) is 1. The predicted molar refractivity (Wildman–Crippen MR) is 135 cm³/mol. The number of anilines is 1. The van der Waals surface area contributed by atoms with Crippen molar-refractivity contribution < 1.29 is 22.7 Å². The Kier molecular flexibility index (Phi) is 10.2. The van der Waals surface area contributed by atoms with Crippen LogP contribution in [0.5, 0.6) is 5.75 Å². The van der Waals surface area contributed by atoms with E-state index in [4.69, 9.17) is 16.3 Å². The van der Waals surface area contributed by atoms with Gasteiger partial charge in [0.15, 0.2) is 0 Å². The molecule has 0 bridgehead atoms. The molecule has 8 nitrogen and oxygen atoms in total. The van der Waals surface area contributed by atoms with Crippen LogP contribution in [0.2, 0.25) is 5.02 Å². The van der Waals surface area contributed by atoms with Gasteiger partial charge in [-0.25, -0.2) is 8.42 Å². The molecular weight excluding hydrogens is 478 g/mol. The van der Waals surface area contributed by atoms with Crippen LogP contribution in [-0.2, 0) is 26.2 Å². The lowest BCUT2D eigenvalue weighted by Crippen LogP contribution is -2.47. The van der Waals surface area contributed by atoms with Gasteiger partial charge in [-0.2, -0.15) is 0 Å². The number of amides is 2. The monoisotopic (exact) mass is 509 g/mol. The molecule has 2 rings (SSSR count). The summed E-state index contributed by atoms with van der Waals surface area (Å²) < 4.78 is 31.5. The number of nitrogens with zero attached hydrogens (tertiary/aromatic N) is 2. The zero-order chi connectivity index (χ0) is 25.3. The van der Waals surface area contributed by atoms with Crippen molar-refractivity contribution in [2.24, 2.45) is 0 Å². The van der Waals surface area contributed by atoms with Crippen molar-refractivity contribution >= 4 is 39.1 Å². The molecule has 0 saturated heterocycles. The van der Waals surface area contributed by atoms with E-state index in [1.807, 2.05) is 6.92 Å². The first-order valence-electron chi connectivity index (χ1n) is 11.0. The molecule has 34 heavy (non-hydrogen) atoms. The summed E-state index contributed by atoms with van der Waals surface area (Å²) in [7, 11) is -2.13. The first kappa shape index (κ1) is 27.5. The van der Waals surface area contributed by atoms with Crippen LogP contribution in [0.1, 0.15) is 32.3 Å². The van der Waals surface area contributed by atoms with E-state index >= 15 is 0 Å². The third-order valence-corrected chi connectivity index (χ3v) is 6.72. The number of benzene rings is 2. The molecule has 0 heterocycles. The molecule has 2 amide bonds. The zero-order valence-electron chi connectivity index (χ0n) is 20.0. The first-order valence-corrected chi connectivity index (χ1v) is 13.2. The van der Waals surface area contributed by atoms with E-state index in [0.29, 0.717) is 23.0 Å². The van der Waals surface area contributed by atoms with E-state index in [1.165, 1.54) is 16.3 Å². The standard InChI is InChI=1S/C24H32ClN3O5S/c1-5-26-24(30)18(2)27(17-19-12-14-20(25)15-13-19)23(29)11-8-16-28(34(4,31)32)21-9-6-7-10-22(21)33-3/h6-7,9-10,12-15,18H,5,8,11,16-17H2,1-4H3,(H,26,30)/t18-/m0/s1. The Hall–Kier alpha value is -2.78. The van der Waals surface area contributed by atoms with E-state index in [9.17, 15) is 18.0 Å². The average Bonchev–Trinajstić information content (AvgIpc) is 2.80. The van der Waals surface area contributed by atoms with Crippen LogP contribution in [0, 0.1) is 0 Å². The summed E-state index contributed by atoms with van der Waals surface area (Å²) in [6.07, 6.45) is 1.45. The molecule has 0 unspecified atom stereocenters. The van der Waals surface area contributed by atoms with Crippen LogP contribution in [0.4, 0.5) is 5.69 Å². The van der Waals surface area contributed by atoms with E-state index < -0.39 is 16.1 Å². The van der Waals surface area contributed by atoms with Crippen molar-refractivity contribution in [3.05, 3.63) is 59.1 Å². The van der Waals surface area contributed by atoms with Crippen molar-refractivity contribution in [2.45, 2.75) is 39.3 Å². The molecular formula is C24H32ClN3O5S. The number of hydrogen-bond donors (Lipinski definition) is 1. The third kappa shape index (κ3) is 7.63. The maximum Gasteiger partial charge on any atom is 0.242 e. The number of nitrogens with one attached hydrogen (secondary N) is 1. The van der Waals surface area contributed by atoms with Gasteiger partial charge in [0.1, 0.15) is 11.8 Å². The van der Waals surface area contributed by atoms with E-state index in [1.54, 1.807) is 55.5 Å². The Morgan fingerprint density at radius 1 is 1.12 bits per heavy atom. The Labute approximate surface area is 206 Å². The topological polar surface area (TPSA) is 96.0 Å². The summed E-state index contributed by atoms with van der Waals surface area (Å²) in [4.78, 5) is 27.2. The molecule has 0 aliphatic carbocycles. The second-order valence-electron chi connectivity index (χ2n) is 7.83. The number of methoxy groups -OCH3 is 1. The quantitative estimate of drug-likeness (QED) is 0.472. The summed E-state index contributed by atoms with van der Waals surface area (Å²) in [6, 6.07) is 13.2. The summed E-state index contributed by atoms with van der Waals surface area (Å²) in [6.45, 7) is 4.27. The SMILES string of the molecule is CCNC(=O)[C@H](C)N(Cc1ccc(Cl)cc1)C(=O)CCCN(c1ccccc1OC)S(C)(=O)=O. The van der Waals surface area contributed by atoms with Crippen LogP contribution in [0.3, 0.4) is 0 Å². The van der Waals surface area contributed by atoms with Gasteiger partial charge >= 0.3 is 0 Å². The average molecular weight is 510 g/mol. The van der Waals surface area contributed by atoms with Gasteiger partial charge in [0.25, 0.3) is 0 Å². The molecule has 1 atom stereocenters. The lowest BCUT2D eigenvalue weighted by Gasteiger charge is -2.29. The Bertz CT molecular complexity index is 1080. The van der Waals surface area contributed by atoms with Crippen molar-refractivity contribution in [3.63, 3.8) is 0 Å². The third-order valence-electron chi connectivity index (χ3n) is 5.29. The van der Waals surface area contributed by atoms with E-state index in [-0.39, 0.29) is 37.7 Å². The highest BCUT2D eigenvalue weighted by Gasteiger charge is 2.27. The van der Waals surface area contributed by atoms with Crippen LogP contribution in [-0.4, -0.2) is 57.6 Å². The number of carbonyl (C=O) groups excluding carboxylic acids is 2. The first-order chi connectivity index (χ1) is 16.1. The lowest BCUT2D eigenvalue weighted by molar-refractivity contribution is -0.140. The van der Waals surface area contributed by atoms with Crippen LogP contribution in [0.15, 0.2) is 48.5 Å². The summed E-state index contributed by atoms with van der Waals surface area (Å²) >= 11 is 5.96. The second-order valence-corrected chi connectivity index (χ2v) is 10.2. The number of sulfonamides is 1. The summed E-state index contributed by atoms with van der Waals surface area (Å²) in [5.41, 5.74) is 1.24. The number of likely N-dealkylation sites (N-methyl/N-ethyl adjacent to an activating group) is 1. The van der Waals surface area contributed by atoms with E-state index in [0.717, 1.165) is 11.8 Å². The van der Waals surface area contributed by atoms with E-state index in [2.05, 4.69) is 5.32 Å². The molecule has 0 spiro atoms. The Morgan fingerprint density at radius 3 is 2.35 bits per heavy atom. The predicted octanol–water partition coefficient (Wildman–Crippen LogP) is 3.45. The normalized spacial score (nSPS) is 12.0. The van der Waals surface area contributed by atoms with Gasteiger partial charge < -0.3 is 15.0 Å². The number of halogens is 1. The van der Waals surface area contributed by atoms with Gasteiger partial charge in [0.05, 0.1) is 19.1 Å². The molecule has 0 radical (unpaired) electrons. The Balaban J connectivity index is 2.17. The molecule has 10 heteroatoms. The minimum absolute atomic E-state index is 0.0680. The molecule has 1 N–H and O–H groups in total. The maximum atomic E-state index is 13.2. The highest BCUT2D eigenvalue weighted by Crippen LogP contribution is 2.29. The molecule has 0 aliphatic rings. The molecule has 2 aromatic carbocycles. The summed E-state index contributed by atoms with van der Waals surface area (Å²) in [5.74, 6) is -0.0766. The van der Waals surface area contributed by atoms with Gasteiger partial charge in [-0.3, -0.25) is 13.9 Å². The molecule has 0 fully saturated rings. The number of hydrogen-bond acceptors (Lipinski definition) is 5. The molecule has 0 aromatic heterocycles. The van der Waals surface area contributed by atoms with Gasteiger partial charge in [-0.1, -0.05) is 35.9 Å². The number of para-hydroxylation sites is 2. The van der Waals surface area contributed by atoms with Gasteiger partial charge in [-0.05, 0) is 50.1 Å². The lowest BCUT2D eigenvalue weighted by atomic mass is 10.1. The van der Waals surface area contributed by atoms with Crippen LogP contribution >= 0.6 is 11.6 Å². The van der Waals surface area contributed by atoms with Crippen molar-refractivity contribution in [3.8, 4) is 5.75 Å². The minimum Gasteiger partial charge on any atom is -0.495 e. The fourth-order valence-corrected chi connectivity index (χ4v) is 4.60. The van der Waals surface area contributed by atoms with Crippen LogP contribution < -0.4 is 14.4 Å². The highest BCUT2D eigenvalue weighted by atomic mass is 35.5. The minimum atomic E-state index is -3.61. The highest BCUT2D eigenvalue weighted by molar-refractivity contribution is 7.92. The van der Waals surface area contributed by atoms with Crippen molar-refractivity contribution in [1.29, 1.82) is 0 Å². The Morgan fingerprint density at radius 2 is 1.76 bits per heavy atom. The smallest absolute Gasteiger partial charge is 0.242 e. The fourth-order valence-electron chi connectivity index (χ4n) is 3.51. The molecule has 0 aliphatic heterocycles. The van der Waals surface area contributed by atoms with Crippen LogP contribution in [0.25, 0.3) is 0 Å². The second kappa shape index (κ2) is 12.6. The zero-order valence-corrected chi connectivity index (χ0v) is 21.5. The van der Waals surface area contributed by atoms with Crippen molar-refractivity contribution in [2.75, 3.05) is 30.8 Å².